The Kier molecular flexibility index (Phi) is 9.02. The summed E-state index contributed by atoms with van der Waals surface area (Å²) in [5, 5.41) is 0. The van der Waals surface area contributed by atoms with Crippen LogP contribution in [0.4, 0.5) is 13.2 Å². The van der Waals surface area contributed by atoms with E-state index >= 15 is 0 Å². The molecule has 2 aliphatic rings. The molecule has 2 nitrogen and oxygen atoms in total. The Labute approximate surface area is 208 Å². The number of rotatable bonds is 9. The molecule has 0 aromatic heterocycles. The lowest BCUT2D eigenvalue weighted by Crippen LogP contribution is -2.25. The van der Waals surface area contributed by atoms with E-state index in [1.165, 1.54) is 0 Å². The van der Waals surface area contributed by atoms with Crippen LogP contribution in [0.3, 0.4) is 0 Å². The summed E-state index contributed by atoms with van der Waals surface area (Å²) in [7, 11) is 0. The molecular weight excluding hydrogens is 449 g/mol. The fourth-order valence-corrected chi connectivity index (χ4v) is 6.17. The molecule has 35 heavy (non-hydrogen) atoms. The van der Waals surface area contributed by atoms with Crippen LogP contribution < -0.4 is 9.47 Å². The molecule has 192 valence electrons. The monoisotopic (exact) mass is 488 g/mol. The van der Waals surface area contributed by atoms with E-state index in [-0.39, 0.29) is 17.5 Å². The van der Waals surface area contributed by atoms with Crippen molar-refractivity contribution in [3.63, 3.8) is 0 Å². The number of hydrogen-bond donors (Lipinski definition) is 0. The van der Waals surface area contributed by atoms with Crippen molar-refractivity contribution in [3.05, 3.63) is 58.9 Å². The highest BCUT2D eigenvalue weighted by Crippen LogP contribution is 2.46. The van der Waals surface area contributed by atoms with Gasteiger partial charge in [-0.05, 0) is 118 Å². The van der Waals surface area contributed by atoms with Gasteiger partial charge in [0, 0.05) is 0 Å². The van der Waals surface area contributed by atoms with Crippen molar-refractivity contribution in [2.45, 2.75) is 89.9 Å². The Bertz CT molecular complexity index is 960. The van der Waals surface area contributed by atoms with Gasteiger partial charge in [0.25, 0.3) is 0 Å². The van der Waals surface area contributed by atoms with E-state index in [0.717, 1.165) is 69.8 Å². The van der Waals surface area contributed by atoms with Crippen LogP contribution in [-0.4, -0.2) is 13.2 Å². The van der Waals surface area contributed by atoms with E-state index in [1.807, 2.05) is 19.9 Å². The molecule has 2 aliphatic carbocycles. The van der Waals surface area contributed by atoms with E-state index < -0.39 is 11.6 Å². The molecule has 0 N–H and O–H groups in total. The predicted molar refractivity (Wildman–Crippen MR) is 134 cm³/mol. The molecular formula is C30H39F3O2. The van der Waals surface area contributed by atoms with E-state index in [0.29, 0.717) is 42.3 Å². The Morgan fingerprint density at radius 1 is 0.714 bits per heavy atom. The number of unbranched alkanes of at least 4 members (excludes halogenated alkanes) is 1. The molecule has 0 spiro atoms. The molecule has 0 radical (unpaired) electrons. The molecule has 4 rings (SSSR count). The fourth-order valence-electron chi connectivity index (χ4n) is 6.17. The summed E-state index contributed by atoms with van der Waals surface area (Å²) in [6, 6.07) is 8.74. The van der Waals surface area contributed by atoms with Gasteiger partial charge in [0.1, 0.15) is 0 Å². The summed E-state index contributed by atoms with van der Waals surface area (Å²) in [4.78, 5) is 0. The Hall–Kier alpha value is -2.17. The van der Waals surface area contributed by atoms with Gasteiger partial charge in [-0.3, -0.25) is 0 Å². The average Bonchev–Trinajstić information content (AvgIpc) is 2.88. The van der Waals surface area contributed by atoms with Crippen molar-refractivity contribution in [3.8, 4) is 11.5 Å². The Morgan fingerprint density at radius 2 is 1.34 bits per heavy atom. The van der Waals surface area contributed by atoms with Gasteiger partial charge in [-0.25, -0.2) is 8.78 Å². The van der Waals surface area contributed by atoms with Crippen LogP contribution in [0.5, 0.6) is 11.5 Å². The Balaban J connectivity index is 1.28. The van der Waals surface area contributed by atoms with Gasteiger partial charge >= 0.3 is 0 Å². The zero-order valence-corrected chi connectivity index (χ0v) is 21.1. The van der Waals surface area contributed by atoms with E-state index in [4.69, 9.17) is 9.47 Å². The zero-order chi connectivity index (χ0) is 24.8. The number of halogens is 3. The summed E-state index contributed by atoms with van der Waals surface area (Å²) >= 11 is 0. The van der Waals surface area contributed by atoms with Gasteiger partial charge in [-0.1, -0.05) is 25.5 Å². The maximum absolute atomic E-state index is 14.8. The van der Waals surface area contributed by atoms with Crippen molar-refractivity contribution in [1.82, 2.24) is 0 Å². The molecule has 0 aliphatic heterocycles. The average molecular weight is 489 g/mol. The topological polar surface area (TPSA) is 18.5 Å². The molecule has 0 saturated heterocycles. The minimum atomic E-state index is -0.843. The summed E-state index contributed by atoms with van der Waals surface area (Å²) in [5.41, 5.74) is 1.58. The first kappa shape index (κ1) is 25.9. The van der Waals surface area contributed by atoms with E-state index in [2.05, 4.69) is 0 Å². The first-order valence-corrected chi connectivity index (χ1v) is 13.5. The van der Waals surface area contributed by atoms with Crippen LogP contribution in [0.15, 0.2) is 30.3 Å². The number of benzene rings is 2. The van der Waals surface area contributed by atoms with Crippen LogP contribution in [-0.2, 0) is 0 Å². The molecule has 2 fully saturated rings. The second-order valence-corrected chi connectivity index (χ2v) is 10.3. The highest BCUT2D eigenvalue weighted by atomic mass is 19.2. The first-order valence-electron chi connectivity index (χ1n) is 13.5. The third-order valence-corrected chi connectivity index (χ3v) is 8.21. The van der Waals surface area contributed by atoms with Gasteiger partial charge in [-0.15, -0.1) is 0 Å². The summed E-state index contributed by atoms with van der Waals surface area (Å²) < 4.78 is 54.4. The van der Waals surface area contributed by atoms with Crippen LogP contribution in [0.1, 0.15) is 101 Å². The standard InChI is InChI=1S/C30H39F3O2/c1-3-5-18-35-28-17-15-25(29(32)30(28)33)23-12-10-21(11-13-23)20-6-8-22(9-7-20)24-14-16-27(34-4-2)26(31)19-24/h14-17,19-23H,3-13,18H2,1-2H3/t20-,21-,22-,23-. The van der Waals surface area contributed by atoms with Crippen LogP contribution in [0.2, 0.25) is 0 Å². The predicted octanol–water partition coefficient (Wildman–Crippen LogP) is 8.93. The van der Waals surface area contributed by atoms with Crippen molar-refractivity contribution < 1.29 is 22.6 Å². The second-order valence-electron chi connectivity index (χ2n) is 10.3. The molecule has 0 atom stereocenters. The van der Waals surface area contributed by atoms with Crippen molar-refractivity contribution >= 4 is 0 Å². The van der Waals surface area contributed by atoms with Crippen molar-refractivity contribution in [2.75, 3.05) is 13.2 Å². The quantitative estimate of drug-likeness (QED) is 0.328. The molecule has 0 bridgehead atoms. The highest BCUT2D eigenvalue weighted by molar-refractivity contribution is 5.34. The summed E-state index contributed by atoms with van der Waals surface area (Å²) in [5.74, 6) is 0.319. The zero-order valence-electron chi connectivity index (χ0n) is 21.1. The SMILES string of the molecule is CCCCOc1ccc([C@H]2CC[C@H]([C@H]3CC[C@H](c4ccc(OCC)c(F)c4)CC3)CC2)c(F)c1F. The maximum Gasteiger partial charge on any atom is 0.200 e. The summed E-state index contributed by atoms with van der Waals surface area (Å²) in [6.45, 7) is 4.77. The largest absolute Gasteiger partial charge is 0.491 e. The molecule has 0 heterocycles. The third-order valence-electron chi connectivity index (χ3n) is 8.21. The minimum absolute atomic E-state index is 0.0255. The lowest BCUT2D eigenvalue weighted by Gasteiger charge is -2.38. The number of hydrogen-bond acceptors (Lipinski definition) is 2. The fraction of sp³-hybridized carbons (Fsp3) is 0.600. The van der Waals surface area contributed by atoms with Gasteiger partial charge < -0.3 is 9.47 Å². The van der Waals surface area contributed by atoms with Gasteiger partial charge in [-0.2, -0.15) is 4.39 Å². The molecule has 2 saturated carbocycles. The molecule has 2 aromatic rings. The molecule has 0 amide bonds. The van der Waals surface area contributed by atoms with Gasteiger partial charge in [0.05, 0.1) is 13.2 Å². The number of ether oxygens (including phenoxy) is 2. The molecule has 0 unspecified atom stereocenters. The summed E-state index contributed by atoms with van der Waals surface area (Å²) in [6.07, 6.45) is 10.2. The lowest BCUT2D eigenvalue weighted by molar-refractivity contribution is 0.175. The third kappa shape index (κ3) is 6.16. The van der Waals surface area contributed by atoms with Gasteiger partial charge in [0.15, 0.2) is 23.1 Å². The van der Waals surface area contributed by atoms with E-state index in [9.17, 15) is 13.2 Å². The minimum Gasteiger partial charge on any atom is -0.491 e. The molecule has 5 heteroatoms. The van der Waals surface area contributed by atoms with E-state index in [1.54, 1.807) is 24.3 Å². The lowest BCUT2D eigenvalue weighted by atomic mass is 9.67. The first-order chi connectivity index (χ1) is 17.0. The normalized spacial score (nSPS) is 24.8. The van der Waals surface area contributed by atoms with Crippen molar-refractivity contribution in [1.29, 1.82) is 0 Å². The Morgan fingerprint density at radius 3 is 1.94 bits per heavy atom. The second kappa shape index (κ2) is 12.2. The van der Waals surface area contributed by atoms with Crippen LogP contribution in [0, 0.1) is 29.3 Å². The smallest absolute Gasteiger partial charge is 0.200 e. The van der Waals surface area contributed by atoms with Crippen LogP contribution >= 0.6 is 0 Å². The maximum atomic E-state index is 14.8. The van der Waals surface area contributed by atoms with Crippen LogP contribution in [0.25, 0.3) is 0 Å². The molecule has 2 aromatic carbocycles. The van der Waals surface area contributed by atoms with Gasteiger partial charge in [0.2, 0.25) is 5.82 Å². The highest BCUT2D eigenvalue weighted by Gasteiger charge is 2.33. The van der Waals surface area contributed by atoms with Crippen molar-refractivity contribution in [2.24, 2.45) is 11.8 Å².